The maximum atomic E-state index is 12.2. The molecule has 1 amide bonds. The zero-order chi connectivity index (χ0) is 13.0. The summed E-state index contributed by atoms with van der Waals surface area (Å²) in [6.45, 7) is 6.64. The van der Waals surface area contributed by atoms with Crippen LogP contribution < -0.4 is 5.32 Å². The molecule has 2 rings (SSSR count). The van der Waals surface area contributed by atoms with Crippen molar-refractivity contribution in [3.63, 3.8) is 0 Å². The molecule has 18 heavy (non-hydrogen) atoms. The van der Waals surface area contributed by atoms with Gasteiger partial charge in [0.15, 0.2) is 0 Å². The Hall–Kier alpha value is -0.980. The minimum absolute atomic E-state index is 0.148. The van der Waals surface area contributed by atoms with Crippen LogP contribution >= 0.6 is 11.3 Å². The molecule has 1 aromatic rings. The number of hydrogen-bond donors (Lipinski definition) is 1. The number of thiazole rings is 1. The van der Waals surface area contributed by atoms with Crippen molar-refractivity contribution in [1.82, 2.24) is 15.2 Å². The van der Waals surface area contributed by atoms with Crippen LogP contribution in [0.4, 0.5) is 0 Å². The molecule has 1 saturated heterocycles. The number of ether oxygens (including phenoxy) is 1. The van der Waals surface area contributed by atoms with Gasteiger partial charge in [-0.25, -0.2) is 0 Å². The third-order valence-electron chi connectivity index (χ3n) is 3.07. The molecule has 2 unspecified atom stereocenters. The molecule has 0 radical (unpaired) electrons. The van der Waals surface area contributed by atoms with E-state index < -0.39 is 0 Å². The predicted octanol–water partition coefficient (Wildman–Crippen LogP) is 1.04. The minimum atomic E-state index is -0.180. The van der Waals surface area contributed by atoms with E-state index in [4.69, 9.17) is 4.74 Å². The summed E-state index contributed by atoms with van der Waals surface area (Å²) >= 11 is 1.60. The van der Waals surface area contributed by atoms with E-state index in [2.05, 4.69) is 17.2 Å². The first-order valence-electron chi connectivity index (χ1n) is 6.19. The van der Waals surface area contributed by atoms with E-state index in [1.54, 1.807) is 11.3 Å². The highest BCUT2D eigenvalue weighted by atomic mass is 32.1. The molecule has 0 bridgehead atoms. The number of nitrogens with zero attached hydrogens (tertiary/aromatic N) is 2. The largest absolute Gasteiger partial charge is 0.378 e. The van der Waals surface area contributed by atoms with Crippen molar-refractivity contribution < 1.29 is 9.53 Å². The van der Waals surface area contributed by atoms with Crippen LogP contribution in [-0.4, -0.2) is 48.1 Å². The smallest absolute Gasteiger partial charge is 0.239 e. The zero-order valence-corrected chi connectivity index (χ0v) is 11.6. The number of aromatic nitrogens is 1. The fraction of sp³-hybridized carbons (Fsp3) is 0.667. The van der Waals surface area contributed by atoms with Crippen molar-refractivity contribution in [2.24, 2.45) is 0 Å². The zero-order valence-electron chi connectivity index (χ0n) is 10.8. The summed E-state index contributed by atoms with van der Waals surface area (Å²) in [5.41, 5.74) is 1.81. The van der Waals surface area contributed by atoms with Gasteiger partial charge >= 0.3 is 0 Å². The first kappa shape index (κ1) is 13.5. The molecule has 1 aromatic heterocycles. The normalized spacial score (nSPS) is 19.6. The lowest BCUT2D eigenvalue weighted by Crippen LogP contribution is -2.49. The monoisotopic (exact) mass is 269 g/mol. The average Bonchev–Trinajstić information content (AvgIpc) is 2.92. The fourth-order valence-corrected chi connectivity index (χ4v) is 2.66. The lowest BCUT2D eigenvalue weighted by Gasteiger charge is -2.30. The van der Waals surface area contributed by atoms with Crippen LogP contribution in [0, 0.1) is 0 Å². The Bertz CT molecular complexity index is 377. The van der Waals surface area contributed by atoms with Gasteiger partial charge in [-0.2, -0.15) is 0 Å². The maximum absolute atomic E-state index is 12.2. The topological polar surface area (TPSA) is 54.5 Å². The van der Waals surface area contributed by atoms with Crippen LogP contribution in [0.15, 0.2) is 11.7 Å². The summed E-state index contributed by atoms with van der Waals surface area (Å²) in [5.74, 6) is 0.148. The van der Waals surface area contributed by atoms with Crippen molar-refractivity contribution in [3.05, 3.63) is 16.6 Å². The second-order valence-corrected chi connectivity index (χ2v) is 5.37. The van der Waals surface area contributed by atoms with Gasteiger partial charge in [0.25, 0.3) is 0 Å². The van der Waals surface area contributed by atoms with E-state index >= 15 is 0 Å². The van der Waals surface area contributed by atoms with Crippen LogP contribution in [0.1, 0.15) is 24.8 Å². The average molecular weight is 269 g/mol. The number of nitrogens with one attached hydrogen (secondary N) is 1. The van der Waals surface area contributed by atoms with Crippen LogP contribution in [0.5, 0.6) is 0 Å². The van der Waals surface area contributed by atoms with Gasteiger partial charge in [0, 0.05) is 30.2 Å². The molecule has 5 nitrogen and oxygen atoms in total. The van der Waals surface area contributed by atoms with Gasteiger partial charge < -0.3 is 9.64 Å². The van der Waals surface area contributed by atoms with E-state index in [1.165, 1.54) is 0 Å². The third-order valence-corrected chi connectivity index (χ3v) is 4.03. The second kappa shape index (κ2) is 6.26. The molecular weight excluding hydrogens is 250 g/mol. The molecule has 1 aliphatic rings. The molecule has 1 aliphatic heterocycles. The summed E-state index contributed by atoms with van der Waals surface area (Å²) in [6.07, 6.45) is 1.84. The van der Waals surface area contributed by atoms with E-state index in [1.807, 2.05) is 23.5 Å². The molecule has 0 aromatic carbocycles. The molecule has 2 heterocycles. The summed E-state index contributed by atoms with van der Waals surface area (Å²) < 4.78 is 5.25. The Balaban J connectivity index is 1.86. The quantitative estimate of drug-likeness (QED) is 0.887. The molecule has 0 saturated carbocycles. The van der Waals surface area contributed by atoms with Crippen molar-refractivity contribution in [2.75, 3.05) is 26.3 Å². The SMILES string of the molecule is CC(NC(C)c1cncs1)C(=O)N1CCOCC1. The number of morpholine rings is 1. The first-order chi connectivity index (χ1) is 8.68. The van der Waals surface area contributed by atoms with Gasteiger partial charge in [-0.1, -0.05) is 0 Å². The number of amides is 1. The van der Waals surface area contributed by atoms with E-state index in [0.717, 1.165) is 4.88 Å². The van der Waals surface area contributed by atoms with Gasteiger partial charge in [0.1, 0.15) is 0 Å². The molecule has 1 N–H and O–H groups in total. The highest BCUT2D eigenvalue weighted by Crippen LogP contribution is 2.17. The van der Waals surface area contributed by atoms with Crippen LogP contribution in [0.2, 0.25) is 0 Å². The number of carbonyl (C=O) groups is 1. The van der Waals surface area contributed by atoms with Crippen molar-refractivity contribution in [1.29, 1.82) is 0 Å². The van der Waals surface area contributed by atoms with Crippen molar-refractivity contribution in [2.45, 2.75) is 25.9 Å². The molecule has 0 aliphatic carbocycles. The molecule has 6 heteroatoms. The Labute approximate surface area is 111 Å². The van der Waals surface area contributed by atoms with Gasteiger partial charge in [0.2, 0.25) is 5.91 Å². The van der Waals surface area contributed by atoms with E-state index in [9.17, 15) is 4.79 Å². The second-order valence-electron chi connectivity index (χ2n) is 4.45. The number of carbonyl (C=O) groups excluding carboxylic acids is 1. The standard InChI is InChI=1S/C12H19N3O2S/c1-9(11-7-13-8-18-11)14-10(2)12(16)15-3-5-17-6-4-15/h7-10,14H,3-6H2,1-2H3. The maximum Gasteiger partial charge on any atom is 0.239 e. The number of rotatable bonds is 4. The third kappa shape index (κ3) is 3.28. The lowest BCUT2D eigenvalue weighted by molar-refractivity contribution is -0.137. The van der Waals surface area contributed by atoms with Crippen LogP contribution in [-0.2, 0) is 9.53 Å². The summed E-state index contributed by atoms with van der Waals surface area (Å²) in [4.78, 5) is 19.3. The Morgan fingerprint density at radius 1 is 1.50 bits per heavy atom. The van der Waals surface area contributed by atoms with Gasteiger partial charge in [0.05, 0.1) is 24.8 Å². The van der Waals surface area contributed by atoms with Gasteiger partial charge in [-0.3, -0.25) is 15.1 Å². The Morgan fingerprint density at radius 2 is 2.22 bits per heavy atom. The summed E-state index contributed by atoms with van der Waals surface area (Å²) in [5, 5.41) is 3.32. The van der Waals surface area contributed by atoms with Crippen LogP contribution in [0.3, 0.4) is 0 Å². The summed E-state index contributed by atoms with van der Waals surface area (Å²) in [6, 6.07) is -0.0299. The fourth-order valence-electron chi connectivity index (χ4n) is 2.03. The molecule has 1 fully saturated rings. The molecular formula is C12H19N3O2S. The Morgan fingerprint density at radius 3 is 2.83 bits per heavy atom. The predicted molar refractivity (Wildman–Crippen MR) is 70.5 cm³/mol. The van der Waals surface area contributed by atoms with Gasteiger partial charge in [-0.05, 0) is 13.8 Å². The summed E-state index contributed by atoms with van der Waals surface area (Å²) in [7, 11) is 0. The molecule has 100 valence electrons. The lowest BCUT2D eigenvalue weighted by atomic mass is 10.2. The highest BCUT2D eigenvalue weighted by molar-refractivity contribution is 7.09. The van der Waals surface area contributed by atoms with Crippen molar-refractivity contribution >= 4 is 17.2 Å². The minimum Gasteiger partial charge on any atom is -0.378 e. The Kier molecular flexibility index (Phi) is 4.68. The van der Waals surface area contributed by atoms with Crippen LogP contribution in [0.25, 0.3) is 0 Å². The molecule has 2 atom stereocenters. The molecule has 0 spiro atoms. The first-order valence-corrected chi connectivity index (χ1v) is 7.07. The van der Waals surface area contributed by atoms with Crippen molar-refractivity contribution in [3.8, 4) is 0 Å². The number of hydrogen-bond acceptors (Lipinski definition) is 5. The van der Waals surface area contributed by atoms with E-state index in [0.29, 0.717) is 26.3 Å². The van der Waals surface area contributed by atoms with Gasteiger partial charge in [-0.15, -0.1) is 11.3 Å². The highest BCUT2D eigenvalue weighted by Gasteiger charge is 2.23. The van der Waals surface area contributed by atoms with E-state index in [-0.39, 0.29) is 18.0 Å².